The van der Waals surface area contributed by atoms with Crippen molar-refractivity contribution >= 4 is 5.91 Å². The molecule has 0 aliphatic rings. The second-order valence-electron chi connectivity index (χ2n) is 2.17. The highest BCUT2D eigenvalue weighted by Crippen LogP contribution is 1.96. The molecule has 0 rings (SSSR count). The first kappa shape index (κ1) is 8.96. The van der Waals surface area contributed by atoms with Gasteiger partial charge in [0.1, 0.15) is 0 Å². The van der Waals surface area contributed by atoms with Crippen molar-refractivity contribution in [2.24, 2.45) is 5.92 Å². The predicted octanol–water partition coefficient (Wildman–Crippen LogP) is 0.672. The molecule has 0 aromatic heterocycles. The third-order valence-electron chi connectivity index (χ3n) is 1.27. The monoisotopic (exact) mass is 140 g/mol. The van der Waals surface area contributed by atoms with Gasteiger partial charge in [-0.3, -0.25) is 4.79 Å². The molecule has 0 aliphatic heterocycles. The van der Waals surface area contributed by atoms with E-state index in [1.165, 1.54) is 6.92 Å². The molecule has 0 radical (unpaired) electrons. The summed E-state index contributed by atoms with van der Waals surface area (Å²) < 4.78 is 0. The number of hydrogen-bond acceptors (Lipinski definition) is 2. The van der Waals surface area contributed by atoms with Crippen LogP contribution in [-0.2, 0) is 4.79 Å². The Morgan fingerprint density at radius 1 is 1.80 bits per heavy atom. The van der Waals surface area contributed by atoms with Gasteiger partial charge in [-0.2, -0.15) is 5.26 Å². The molecule has 1 atom stereocenters. The number of rotatable bonds is 3. The molecule has 10 heavy (non-hydrogen) atoms. The summed E-state index contributed by atoms with van der Waals surface area (Å²) in [5.74, 6) is -0.113. The fraction of sp³-hybridized carbons (Fsp3) is 0.714. The molecule has 0 spiro atoms. The third-order valence-corrected chi connectivity index (χ3v) is 1.27. The summed E-state index contributed by atoms with van der Waals surface area (Å²) in [5, 5.41) is 11.0. The summed E-state index contributed by atoms with van der Waals surface area (Å²) >= 11 is 0. The standard InChI is InChI=1S/C7H12N2O/c1-3-7(4-8)5-9-6(2)10/h7H,3,5H2,1-2H3,(H,9,10). The number of nitriles is 1. The second kappa shape index (κ2) is 4.80. The van der Waals surface area contributed by atoms with E-state index in [4.69, 9.17) is 5.26 Å². The maximum Gasteiger partial charge on any atom is 0.216 e. The van der Waals surface area contributed by atoms with E-state index in [0.29, 0.717) is 6.54 Å². The molecule has 0 bridgehead atoms. The van der Waals surface area contributed by atoms with Crippen molar-refractivity contribution in [1.82, 2.24) is 5.32 Å². The van der Waals surface area contributed by atoms with Gasteiger partial charge in [0.15, 0.2) is 0 Å². The molecule has 0 saturated carbocycles. The Kier molecular flexibility index (Phi) is 4.30. The number of carbonyl (C=O) groups excluding carboxylic acids is 1. The van der Waals surface area contributed by atoms with E-state index in [-0.39, 0.29) is 11.8 Å². The lowest BCUT2D eigenvalue weighted by Gasteiger charge is -2.04. The molecular weight excluding hydrogens is 128 g/mol. The van der Waals surface area contributed by atoms with E-state index in [0.717, 1.165) is 6.42 Å². The first-order valence-corrected chi connectivity index (χ1v) is 3.34. The van der Waals surface area contributed by atoms with E-state index in [1.54, 1.807) is 0 Å². The van der Waals surface area contributed by atoms with Crippen molar-refractivity contribution < 1.29 is 4.79 Å². The first-order chi connectivity index (χ1) is 4.70. The van der Waals surface area contributed by atoms with Crippen molar-refractivity contribution in [3.05, 3.63) is 0 Å². The Hall–Kier alpha value is -1.04. The first-order valence-electron chi connectivity index (χ1n) is 3.34. The number of carbonyl (C=O) groups is 1. The minimum atomic E-state index is -0.0753. The van der Waals surface area contributed by atoms with Crippen molar-refractivity contribution in [1.29, 1.82) is 5.26 Å². The number of hydrogen-bond donors (Lipinski definition) is 1. The summed E-state index contributed by atoms with van der Waals surface area (Å²) in [6.07, 6.45) is 0.788. The van der Waals surface area contributed by atoms with Gasteiger partial charge < -0.3 is 5.32 Å². The second-order valence-corrected chi connectivity index (χ2v) is 2.17. The quantitative estimate of drug-likeness (QED) is 0.626. The molecule has 3 heteroatoms. The summed E-state index contributed by atoms with van der Waals surface area (Å²) in [7, 11) is 0. The van der Waals surface area contributed by atoms with Gasteiger partial charge in [-0.15, -0.1) is 0 Å². The van der Waals surface area contributed by atoms with Gasteiger partial charge in [-0.25, -0.2) is 0 Å². The fourth-order valence-corrected chi connectivity index (χ4v) is 0.548. The van der Waals surface area contributed by atoms with Gasteiger partial charge >= 0.3 is 0 Å². The summed E-state index contributed by atoms with van der Waals surface area (Å²) in [6.45, 7) is 3.85. The van der Waals surface area contributed by atoms with Gasteiger partial charge in [0.25, 0.3) is 0 Å². The normalized spacial score (nSPS) is 11.7. The lowest BCUT2D eigenvalue weighted by Crippen LogP contribution is -2.25. The number of nitrogens with zero attached hydrogens (tertiary/aromatic N) is 1. The van der Waals surface area contributed by atoms with Crippen molar-refractivity contribution in [3.63, 3.8) is 0 Å². The summed E-state index contributed by atoms with van der Waals surface area (Å²) in [4.78, 5) is 10.4. The van der Waals surface area contributed by atoms with E-state index >= 15 is 0 Å². The van der Waals surface area contributed by atoms with Crippen LogP contribution in [0.15, 0.2) is 0 Å². The Bertz CT molecular complexity index is 148. The van der Waals surface area contributed by atoms with Crippen molar-refractivity contribution in [2.75, 3.05) is 6.54 Å². The summed E-state index contributed by atoms with van der Waals surface area (Å²) in [6, 6.07) is 2.09. The zero-order chi connectivity index (χ0) is 7.98. The predicted molar refractivity (Wildman–Crippen MR) is 38.1 cm³/mol. The van der Waals surface area contributed by atoms with E-state index in [1.807, 2.05) is 6.92 Å². The van der Waals surface area contributed by atoms with Crippen LogP contribution in [0, 0.1) is 17.2 Å². The number of nitrogens with one attached hydrogen (secondary N) is 1. The van der Waals surface area contributed by atoms with Crippen LogP contribution < -0.4 is 5.32 Å². The molecule has 1 amide bonds. The van der Waals surface area contributed by atoms with Crippen LogP contribution in [0.4, 0.5) is 0 Å². The SMILES string of the molecule is CCC(C#N)CNC(C)=O. The minimum Gasteiger partial charge on any atom is -0.355 e. The van der Waals surface area contributed by atoms with Gasteiger partial charge in [0.05, 0.1) is 12.0 Å². The highest BCUT2D eigenvalue weighted by Gasteiger charge is 2.03. The Morgan fingerprint density at radius 2 is 2.40 bits per heavy atom. The average molecular weight is 140 g/mol. The summed E-state index contributed by atoms with van der Waals surface area (Å²) in [5.41, 5.74) is 0. The molecule has 1 unspecified atom stereocenters. The molecule has 0 saturated heterocycles. The molecule has 0 aromatic carbocycles. The Labute approximate surface area is 61.0 Å². The maximum absolute atomic E-state index is 10.4. The lowest BCUT2D eigenvalue weighted by molar-refractivity contribution is -0.119. The van der Waals surface area contributed by atoms with E-state index in [9.17, 15) is 4.79 Å². The third kappa shape index (κ3) is 3.90. The molecular formula is C7H12N2O. The average Bonchev–Trinajstić information content (AvgIpc) is 1.90. The molecule has 0 heterocycles. The zero-order valence-electron chi connectivity index (χ0n) is 6.35. The van der Waals surface area contributed by atoms with Crippen LogP contribution in [0.2, 0.25) is 0 Å². The Morgan fingerprint density at radius 3 is 2.70 bits per heavy atom. The molecule has 0 aromatic rings. The van der Waals surface area contributed by atoms with Crippen LogP contribution >= 0.6 is 0 Å². The molecule has 0 aliphatic carbocycles. The highest BCUT2D eigenvalue weighted by molar-refractivity contribution is 5.72. The van der Waals surface area contributed by atoms with Crippen molar-refractivity contribution in [2.45, 2.75) is 20.3 Å². The number of amides is 1. The van der Waals surface area contributed by atoms with Crippen LogP contribution in [0.5, 0.6) is 0 Å². The van der Waals surface area contributed by atoms with Gasteiger partial charge in [-0.05, 0) is 6.42 Å². The maximum atomic E-state index is 10.4. The molecule has 0 fully saturated rings. The van der Waals surface area contributed by atoms with Gasteiger partial charge in [0.2, 0.25) is 5.91 Å². The van der Waals surface area contributed by atoms with Gasteiger partial charge in [-0.1, -0.05) is 6.92 Å². The van der Waals surface area contributed by atoms with Crippen LogP contribution in [0.1, 0.15) is 20.3 Å². The lowest BCUT2D eigenvalue weighted by atomic mass is 10.1. The molecule has 56 valence electrons. The smallest absolute Gasteiger partial charge is 0.216 e. The topological polar surface area (TPSA) is 52.9 Å². The molecule has 1 N–H and O–H groups in total. The van der Waals surface area contributed by atoms with Gasteiger partial charge in [0, 0.05) is 13.5 Å². The van der Waals surface area contributed by atoms with Crippen molar-refractivity contribution in [3.8, 4) is 6.07 Å². The largest absolute Gasteiger partial charge is 0.355 e. The van der Waals surface area contributed by atoms with Crippen LogP contribution in [-0.4, -0.2) is 12.5 Å². The zero-order valence-corrected chi connectivity index (χ0v) is 6.35. The Balaban J connectivity index is 3.47. The van der Waals surface area contributed by atoms with Crippen LogP contribution in [0.25, 0.3) is 0 Å². The highest BCUT2D eigenvalue weighted by atomic mass is 16.1. The van der Waals surface area contributed by atoms with E-state index in [2.05, 4.69) is 11.4 Å². The van der Waals surface area contributed by atoms with Crippen LogP contribution in [0.3, 0.4) is 0 Å². The molecule has 3 nitrogen and oxygen atoms in total. The van der Waals surface area contributed by atoms with E-state index < -0.39 is 0 Å². The fourth-order valence-electron chi connectivity index (χ4n) is 0.548. The minimum absolute atomic E-state index is 0.0381.